The third-order valence-electron chi connectivity index (χ3n) is 3.37. The lowest BCUT2D eigenvalue weighted by Gasteiger charge is -2.22. The Kier molecular flexibility index (Phi) is 5.99. The number of rotatable bonds is 5. The van der Waals surface area contributed by atoms with E-state index in [0.29, 0.717) is 6.42 Å². The first kappa shape index (κ1) is 16.8. The Balaban J connectivity index is 1.51. The fraction of sp³-hybridized carbons (Fsp3) is 0.375. The van der Waals surface area contributed by atoms with E-state index in [1.165, 1.54) is 0 Å². The lowest BCUT2D eigenvalue weighted by molar-refractivity contribution is -0.116. The van der Waals surface area contributed by atoms with Crippen LogP contribution in [0.1, 0.15) is 12.1 Å². The van der Waals surface area contributed by atoms with E-state index >= 15 is 0 Å². The van der Waals surface area contributed by atoms with Crippen molar-refractivity contribution in [1.82, 2.24) is 10.3 Å². The van der Waals surface area contributed by atoms with Crippen molar-refractivity contribution in [2.75, 3.05) is 23.4 Å². The average Bonchev–Trinajstić information content (AvgIpc) is 2.95. The Hall–Kier alpha value is -1.02. The van der Waals surface area contributed by atoms with Gasteiger partial charge in [-0.25, -0.2) is 4.98 Å². The van der Waals surface area contributed by atoms with Gasteiger partial charge in [-0.3, -0.25) is 4.79 Å². The van der Waals surface area contributed by atoms with Crippen LogP contribution in [0.4, 0.5) is 5.69 Å². The molecule has 1 aliphatic rings. The summed E-state index contributed by atoms with van der Waals surface area (Å²) in [5.74, 6) is 2.22. The zero-order valence-corrected chi connectivity index (χ0v) is 15.3. The first-order valence-electron chi connectivity index (χ1n) is 7.50. The lowest BCUT2D eigenvalue weighted by Crippen LogP contribution is -2.39. The van der Waals surface area contributed by atoms with Gasteiger partial charge >= 0.3 is 0 Å². The van der Waals surface area contributed by atoms with Crippen LogP contribution in [-0.4, -0.2) is 35.0 Å². The first-order valence-corrected chi connectivity index (χ1v) is 10.3. The van der Waals surface area contributed by atoms with Crippen molar-refractivity contribution >= 4 is 46.5 Å². The van der Waals surface area contributed by atoms with E-state index in [1.807, 2.05) is 43.0 Å². The third kappa shape index (κ3) is 5.24. The Morgan fingerprint density at radius 1 is 1.43 bits per heavy atom. The standard InChI is InChI=1S/C16H19N3OS3/c1-11-9-22-16(18-11)23-14-4-2-12(3-5-14)19-15(20)8-13-10-21-7-6-17-13/h2-5,9,13,17H,6-8,10H2,1H3,(H,19,20). The number of hydrogen-bond donors (Lipinski definition) is 2. The van der Waals surface area contributed by atoms with Crippen LogP contribution in [0.25, 0.3) is 0 Å². The fourth-order valence-corrected chi connectivity index (χ4v) is 5.03. The SMILES string of the molecule is Cc1csc(Sc2ccc(NC(=O)CC3CSCCN3)cc2)n1. The molecule has 122 valence electrons. The van der Waals surface area contributed by atoms with E-state index in [4.69, 9.17) is 0 Å². The molecule has 2 N–H and O–H groups in total. The predicted molar refractivity (Wildman–Crippen MR) is 99.8 cm³/mol. The molecule has 23 heavy (non-hydrogen) atoms. The molecule has 0 saturated carbocycles. The average molecular weight is 366 g/mol. The molecule has 1 aliphatic heterocycles. The molecule has 2 heterocycles. The molecule has 0 radical (unpaired) electrons. The van der Waals surface area contributed by atoms with Crippen molar-refractivity contribution in [3.8, 4) is 0 Å². The Labute approximate surface area is 148 Å². The van der Waals surface area contributed by atoms with Gasteiger partial charge in [0.05, 0.1) is 0 Å². The number of amides is 1. The second kappa shape index (κ2) is 8.19. The highest BCUT2D eigenvalue weighted by Crippen LogP contribution is 2.30. The summed E-state index contributed by atoms with van der Waals surface area (Å²) in [6, 6.07) is 8.22. The minimum atomic E-state index is 0.0703. The minimum Gasteiger partial charge on any atom is -0.326 e. The van der Waals surface area contributed by atoms with Gasteiger partial charge in [0.25, 0.3) is 0 Å². The van der Waals surface area contributed by atoms with Crippen molar-refractivity contribution in [3.05, 3.63) is 35.3 Å². The van der Waals surface area contributed by atoms with Crippen LogP contribution < -0.4 is 10.6 Å². The normalized spacial score (nSPS) is 17.9. The molecule has 1 amide bonds. The number of hydrogen-bond acceptors (Lipinski definition) is 6. The van der Waals surface area contributed by atoms with Crippen molar-refractivity contribution in [1.29, 1.82) is 0 Å². The van der Waals surface area contributed by atoms with Crippen molar-refractivity contribution in [2.24, 2.45) is 0 Å². The van der Waals surface area contributed by atoms with Gasteiger partial charge in [0, 0.05) is 52.2 Å². The summed E-state index contributed by atoms with van der Waals surface area (Å²) in [5.41, 5.74) is 1.90. The van der Waals surface area contributed by atoms with E-state index in [2.05, 4.69) is 21.0 Å². The van der Waals surface area contributed by atoms with E-state index in [1.54, 1.807) is 23.1 Å². The van der Waals surface area contributed by atoms with E-state index in [0.717, 1.165) is 38.7 Å². The monoisotopic (exact) mass is 365 g/mol. The third-order valence-corrected chi connectivity index (χ3v) is 6.57. The van der Waals surface area contributed by atoms with Crippen LogP contribution in [0.15, 0.2) is 38.9 Å². The van der Waals surface area contributed by atoms with Crippen LogP contribution >= 0.6 is 34.9 Å². The molecule has 1 saturated heterocycles. The van der Waals surface area contributed by atoms with Crippen LogP contribution in [-0.2, 0) is 4.79 Å². The molecule has 2 aromatic rings. The number of benzene rings is 1. The largest absolute Gasteiger partial charge is 0.326 e. The zero-order chi connectivity index (χ0) is 16.1. The Bertz CT molecular complexity index is 651. The number of anilines is 1. The van der Waals surface area contributed by atoms with Crippen LogP contribution in [0, 0.1) is 6.92 Å². The van der Waals surface area contributed by atoms with E-state index in [9.17, 15) is 4.79 Å². The van der Waals surface area contributed by atoms with Crippen molar-refractivity contribution < 1.29 is 4.79 Å². The summed E-state index contributed by atoms with van der Waals surface area (Å²) in [5, 5.41) is 8.41. The maximum Gasteiger partial charge on any atom is 0.225 e. The van der Waals surface area contributed by atoms with Gasteiger partial charge in [0.1, 0.15) is 0 Å². The smallest absolute Gasteiger partial charge is 0.225 e. The summed E-state index contributed by atoms with van der Waals surface area (Å²) in [6.45, 7) is 2.99. The number of thiazole rings is 1. The van der Waals surface area contributed by atoms with Gasteiger partial charge in [-0.1, -0.05) is 11.8 Å². The van der Waals surface area contributed by atoms with E-state index < -0.39 is 0 Å². The van der Waals surface area contributed by atoms with Gasteiger partial charge in [-0.2, -0.15) is 11.8 Å². The highest BCUT2D eigenvalue weighted by atomic mass is 32.2. The second-order valence-electron chi connectivity index (χ2n) is 5.36. The predicted octanol–water partition coefficient (Wildman–Crippen LogP) is 3.64. The summed E-state index contributed by atoms with van der Waals surface area (Å²) in [7, 11) is 0. The molecule has 1 aromatic carbocycles. The number of aromatic nitrogens is 1. The molecule has 3 rings (SSSR count). The van der Waals surface area contributed by atoms with Crippen molar-refractivity contribution in [3.63, 3.8) is 0 Å². The Morgan fingerprint density at radius 3 is 2.91 bits per heavy atom. The molecule has 1 atom stereocenters. The van der Waals surface area contributed by atoms with Crippen LogP contribution in [0.2, 0.25) is 0 Å². The molecule has 0 bridgehead atoms. The lowest BCUT2D eigenvalue weighted by atomic mass is 10.2. The quantitative estimate of drug-likeness (QED) is 0.847. The number of carbonyl (C=O) groups excluding carboxylic acids is 1. The second-order valence-corrected chi connectivity index (χ2v) is 8.69. The van der Waals surface area contributed by atoms with Crippen LogP contribution in [0.5, 0.6) is 0 Å². The van der Waals surface area contributed by atoms with Gasteiger partial charge in [0.15, 0.2) is 4.34 Å². The summed E-state index contributed by atoms with van der Waals surface area (Å²) >= 11 is 5.20. The fourth-order valence-electron chi connectivity index (χ4n) is 2.27. The number of nitrogens with zero attached hydrogens (tertiary/aromatic N) is 1. The molecule has 0 aliphatic carbocycles. The van der Waals surface area contributed by atoms with Gasteiger partial charge < -0.3 is 10.6 Å². The van der Waals surface area contributed by atoms with Crippen LogP contribution in [0.3, 0.4) is 0 Å². The summed E-state index contributed by atoms with van der Waals surface area (Å²) in [6.07, 6.45) is 0.530. The highest BCUT2D eigenvalue weighted by molar-refractivity contribution is 8.01. The van der Waals surface area contributed by atoms with Gasteiger partial charge in [-0.05, 0) is 31.2 Å². The first-order chi connectivity index (χ1) is 11.2. The number of aryl methyl sites for hydroxylation is 1. The molecular weight excluding hydrogens is 346 g/mol. The van der Waals surface area contributed by atoms with E-state index in [-0.39, 0.29) is 11.9 Å². The van der Waals surface area contributed by atoms with Gasteiger partial charge in [-0.15, -0.1) is 11.3 Å². The summed E-state index contributed by atoms with van der Waals surface area (Å²) in [4.78, 5) is 17.7. The molecule has 1 unspecified atom stereocenters. The molecule has 7 heteroatoms. The molecule has 1 fully saturated rings. The topological polar surface area (TPSA) is 54.0 Å². The summed E-state index contributed by atoms with van der Waals surface area (Å²) < 4.78 is 1.04. The minimum absolute atomic E-state index is 0.0703. The van der Waals surface area contributed by atoms with Crippen molar-refractivity contribution in [2.45, 2.75) is 28.6 Å². The Morgan fingerprint density at radius 2 is 2.26 bits per heavy atom. The molecule has 4 nitrogen and oxygen atoms in total. The molecule has 0 spiro atoms. The number of nitrogens with one attached hydrogen (secondary N) is 2. The maximum atomic E-state index is 12.1. The molecular formula is C16H19N3OS3. The number of thioether (sulfide) groups is 1. The van der Waals surface area contributed by atoms with Gasteiger partial charge in [0.2, 0.25) is 5.91 Å². The highest BCUT2D eigenvalue weighted by Gasteiger charge is 2.16. The zero-order valence-electron chi connectivity index (χ0n) is 12.9. The maximum absolute atomic E-state index is 12.1. The molecule has 1 aromatic heterocycles. The number of carbonyl (C=O) groups is 1.